The number of rotatable bonds is 5. The van der Waals surface area contributed by atoms with Gasteiger partial charge in [0, 0.05) is 25.6 Å². The predicted molar refractivity (Wildman–Crippen MR) is 98.1 cm³/mol. The molecule has 2 N–H and O–H groups in total. The SMILES string of the molecule is CC(O)CC(CNC(=O)N1CCCC(C)(C)CC1)c1ccccc1. The smallest absolute Gasteiger partial charge is 0.317 e. The van der Waals surface area contributed by atoms with Crippen molar-refractivity contribution in [1.82, 2.24) is 10.2 Å². The van der Waals surface area contributed by atoms with E-state index in [9.17, 15) is 9.90 Å². The van der Waals surface area contributed by atoms with Gasteiger partial charge in [-0.3, -0.25) is 0 Å². The summed E-state index contributed by atoms with van der Waals surface area (Å²) >= 11 is 0. The van der Waals surface area contributed by atoms with Crippen LogP contribution >= 0.6 is 0 Å². The van der Waals surface area contributed by atoms with Gasteiger partial charge in [0.05, 0.1) is 6.10 Å². The Balaban J connectivity index is 1.92. The first-order chi connectivity index (χ1) is 11.4. The molecule has 0 spiro atoms. The van der Waals surface area contributed by atoms with Crippen LogP contribution in [0.3, 0.4) is 0 Å². The molecule has 1 aromatic carbocycles. The van der Waals surface area contributed by atoms with Crippen molar-refractivity contribution in [3.63, 3.8) is 0 Å². The third-order valence-corrected chi connectivity index (χ3v) is 5.02. The normalized spacial score (nSPS) is 20.1. The number of amides is 2. The molecular formula is C20H32N2O2. The third kappa shape index (κ3) is 5.82. The van der Waals surface area contributed by atoms with Crippen LogP contribution in [0.4, 0.5) is 4.79 Å². The monoisotopic (exact) mass is 332 g/mol. The van der Waals surface area contributed by atoms with Crippen LogP contribution in [0.15, 0.2) is 30.3 Å². The van der Waals surface area contributed by atoms with Crippen LogP contribution in [-0.4, -0.2) is 41.8 Å². The summed E-state index contributed by atoms with van der Waals surface area (Å²) in [5.41, 5.74) is 1.49. The highest BCUT2D eigenvalue weighted by atomic mass is 16.3. The molecule has 1 fully saturated rings. The van der Waals surface area contributed by atoms with E-state index in [0.29, 0.717) is 18.4 Å². The Morgan fingerprint density at radius 1 is 1.25 bits per heavy atom. The number of aliphatic hydroxyl groups is 1. The molecule has 24 heavy (non-hydrogen) atoms. The van der Waals surface area contributed by atoms with Crippen LogP contribution in [0, 0.1) is 5.41 Å². The van der Waals surface area contributed by atoms with Gasteiger partial charge in [-0.25, -0.2) is 4.79 Å². The van der Waals surface area contributed by atoms with E-state index < -0.39 is 0 Å². The molecule has 1 aliphatic rings. The van der Waals surface area contributed by atoms with Gasteiger partial charge >= 0.3 is 6.03 Å². The lowest BCUT2D eigenvalue weighted by Crippen LogP contribution is -2.42. The summed E-state index contributed by atoms with van der Waals surface area (Å²) in [6.07, 6.45) is 3.56. The fourth-order valence-electron chi connectivity index (χ4n) is 3.42. The van der Waals surface area contributed by atoms with Gasteiger partial charge < -0.3 is 15.3 Å². The van der Waals surface area contributed by atoms with Crippen LogP contribution < -0.4 is 5.32 Å². The van der Waals surface area contributed by atoms with Gasteiger partial charge in [-0.2, -0.15) is 0 Å². The lowest BCUT2D eigenvalue weighted by molar-refractivity contribution is 0.170. The highest BCUT2D eigenvalue weighted by molar-refractivity contribution is 5.74. The molecule has 2 unspecified atom stereocenters. The molecule has 0 radical (unpaired) electrons. The van der Waals surface area contributed by atoms with E-state index in [1.165, 1.54) is 6.42 Å². The average Bonchev–Trinajstić information content (AvgIpc) is 2.72. The minimum absolute atomic E-state index is 0.0271. The summed E-state index contributed by atoms with van der Waals surface area (Å²) in [7, 11) is 0. The summed E-state index contributed by atoms with van der Waals surface area (Å²) in [5.74, 6) is 0.138. The van der Waals surface area contributed by atoms with Crippen LogP contribution in [0.2, 0.25) is 0 Å². The van der Waals surface area contributed by atoms with E-state index >= 15 is 0 Å². The maximum atomic E-state index is 12.5. The molecule has 134 valence electrons. The molecule has 2 amide bonds. The number of benzene rings is 1. The molecule has 2 rings (SSSR count). The molecule has 0 saturated carbocycles. The van der Waals surface area contributed by atoms with Crippen molar-refractivity contribution in [3.05, 3.63) is 35.9 Å². The molecule has 4 heteroatoms. The number of carbonyl (C=O) groups excluding carboxylic acids is 1. The van der Waals surface area contributed by atoms with Crippen molar-refractivity contribution in [3.8, 4) is 0 Å². The zero-order valence-electron chi connectivity index (χ0n) is 15.3. The highest BCUT2D eigenvalue weighted by Crippen LogP contribution is 2.29. The minimum atomic E-state index is -0.383. The van der Waals surface area contributed by atoms with Crippen LogP contribution in [0.1, 0.15) is 57.9 Å². The van der Waals surface area contributed by atoms with Crippen molar-refractivity contribution in [2.45, 2.75) is 58.5 Å². The molecule has 0 aromatic heterocycles. The molecule has 1 aromatic rings. The minimum Gasteiger partial charge on any atom is -0.393 e. The first-order valence-corrected chi connectivity index (χ1v) is 9.13. The van der Waals surface area contributed by atoms with Gasteiger partial charge in [0.15, 0.2) is 0 Å². The zero-order valence-corrected chi connectivity index (χ0v) is 15.3. The van der Waals surface area contributed by atoms with Crippen LogP contribution in [-0.2, 0) is 0 Å². The van der Waals surface area contributed by atoms with Crippen molar-refractivity contribution in [2.24, 2.45) is 5.41 Å². The number of hydrogen-bond acceptors (Lipinski definition) is 2. The Kier molecular flexibility index (Phi) is 6.67. The second-order valence-corrected chi connectivity index (χ2v) is 7.88. The van der Waals surface area contributed by atoms with Gasteiger partial charge in [0.1, 0.15) is 0 Å². The lowest BCUT2D eigenvalue weighted by atomic mass is 9.85. The zero-order chi connectivity index (χ0) is 17.6. The molecule has 1 heterocycles. The molecule has 1 saturated heterocycles. The average molecular weight is 332 g/mol. The number of likely N-dealkylation sites (tertiary alicyclic amines) is 1. The van der Waals surface area contributed by atoms with Gasteiger partial charge in [-0.05, 0) is 43.6 Å². The standard InChI is InChI=1S/C20H32N2O2/c1-16(23)14-18(17-8-5-4-6-9-17)15-21-19(24)22-12-7-10-20(2,3)11-13-22/h4-6,8-9,16,18,23H,7,10-15H2,1-3H3,(H,21,24). The van der Waals surface area contributed by atoms with Crippen molar-refractivity contribution in [1.29, 1.82) is 0 Å². The number of carbonyl (C=O) groups is 1. The molecule has 1 aliphatic heterocycles. The molecule has 2 atom stereocenters. The van der Waals surface area contributed by atoms with E-state index in [-0.39, 0.29) is 18.1 Å². The van der Waals surface area contributed by atoms with Crippen molar-refractivity contribution in [2.75, 3.05) is 19.6 Å². The van der Waals surface area contributed by atoms with E-state index in [1.54, 1.807) is 6.92 Å². The third-order valence-electron chi connectivity index (χ3n) is 5.02. The largest absolute Gasteiger partial charge is 0.393 e. The van der Waals surface area contributed by atoms with Gasteiger partial charge in [-0.1, -0.05) is 44.2 Å². The highest BCUT2D eigenvalue weighted by Gasteiger charge is 2.25. The molecule has 4 nitrogen and oxygen atoms in total. The van der Waals surface area contributed by atoms with Gasteiger partial charge in [0.2, 0.25) is 0 Å². The van der Waals surface area contributed by atoms with E-state index in [1.807, 2.05) is 23.1 Å². The van der Waals surface area contributed by atoms with Crippen molar-refractivity contribution >= 4 is 6.03 Å². The fraction of sp³-hybridized carbons (Fsp3) is 0.650. The van der Waals surface area contributed by atoms with Gasteiger partial charge in [-0.15, -0.1) is 0 Å². The predicted octanol–water partition coefficient (Wildman–Crippen LogP) is 3.76. The van der Waals surface area contributed by atoms with E-state index in [0.717, 1.165) is 31.5 Å². The first-order valence-electron chi connectivity index (χ1n) is 9.13. The Labute approximate surface area is 146 Å². The number of aliphatic hydroxyl groups excluding tert-OH is 1. The first kappa shape index (κ1) is 18.8. The summed E-state index contributed by atoms with van der Waals surface area (Å²) in [6.45, 7) is 8.58. The lowest BCUT2D eigenvalue weighted by Gasteiger charge is -2.25. The molecule has 0 bridgehead atoms. The summed E-state index contributed by atoms with van der Waals surface area (Å²) < 4.78 is 0. The number of nitrogens with zero attached hydrogens (tertiary/aromatic N) is 1. The molecular weight excluding hydrogens is 300 g/mol. The summed E-state index contributed by atoms with van der Waals surface area (Å²) in [5, 5.41) is 12.9. The number of urea groups is 1. The fourth-order valence-corrected chi connectivity index (χ4v) is 3.42. The Morgan fingerprint density at radius 2 is 1.96 bits per heavy atom. The Hall–Kier alpha value is -1.55. The maximum absolute atomic E-state index is 12.5. The maximum Gasteiger partial charge on any atom is 0.317 e. The quantitative estimate of drug-likeness (QED) is 0.862. The van der Waals surface area contributed by atoms with Crippen LogP contribution in [0.25, 0.3) is 0 Å². The van der Waals surface area contributed by atoms with E-state index in [2.05, 4.69) is 31.3 Å². The second kappa shape index (κ2) is 8.52. The van der Waals surface area contributed by atoms with Gasteiger partial charge in [0.25, 0.3) is 0 Å². The number of hydrogen-bond donors (Lipinski definition) is 2. The summed E-state index contributed by atoms with van der Waals surface area (Å²) in [6, 6.07) is 10.1. The Bertz CT molecular complexity index is 514. The Morgan fingerprint density at radius 3 is 2.62 bits per heavy atom. The second-order valence-electron chi connectivity index (χ2n) is 7.88. The number of nitrogens with one attached hydrogen (secondary N) is 1. The molecule has 0 aliphatic carbocycles. The van der Waals surface area contributed by atoms with Crippen LogP contribution in [0.5, 0.6) is 0 Å². The summed E-state index contributed by atoms with van der Waals surface area (Å²) in [4.78, 5) is 14.5. The van der Waals surface area contributed by atoms with Crippen molar-refractivity contribution < 1.29 is 9.90 Å². The van der Waals surface area contributed by atoms with E-state index in [4.69, 9.17) is 0 Å². The topological polar surface area (TPSA) is 52.6 Å².